The molecule has 2 fully saturated rings. The zero-order chi connectivity index (χ0) is 13.3. The predicted octanol–water partition coefficient (Wildman–Crippen LogP) is 2.10. The van der Waals surface area contributed by atoms with Crippen LogP contribution in [0.3, 0.4) is 0 Å². The lowest BCUT2D eigenvalue weighted by Gasteiger charge is -2.09. The van der Waals surface area contributed by atoms with Crippen molar-refractivity contribution >= 4 is 11.8 Å². The second-order valence-corrected chi connectivity index (χ2v) is 5.83. The minimum Gasteiger partial charge on any atom is -0.466 e. The quantitative estimate of drug-likeness (QED) is 0.557. The first-order chi connectivity index (χ1) is 8.44. The molecule has 0 aromatic carbocycles. The summed E-state index contributed by atoms with van der Waals surface area (Å²) in [5.41, 5.74) is -0.0560. The number of rotatable bonds is 5. The van der Waals surface area contributed by atoms with Gasteiger partial charge in [-0.1, -0.05) is 0 Å². The summed E-state index contributed by atoms with van der Waals surface area (Å²) in [7, 11) is 0. The van der Waals surface area contributed by atoms with Gasteiger partial charge >= 0.3 is 5.97 Å². The van der Waals surface area contributed by atoms with Crippen LogP contribution in [0.15, 0.2) is 0 Å². The fraction of sp³-hybridized carbons (Fsp3) is 0.857. The van der Waals surface area contributed by atoms with Crippen LogP contribution in [0.5, 0.6) is 0 Å². The fourth-order valence-electron chi connectivity index (χ4n) is 2.80. The van der Waals surface area contributed by atoms with Gasteiger partial charge in [0.2, 0.25) is 0 Å². The lowest BCUT2D eigenvalue weighted by Crippen LogP contribution is -2.20. The molecule has 0 aromatic rings. The molecule has 102 valence electrons. The van der Waals surface area contributed by atoms with Crippen LogP contribution in [0.4, 0.5) is 0 Å². The molecule has 1 aliphatic heterocycles. The summed E-state index contributed by atoms with van der Waals surface area (Å²) >= 11 is 0. The van der Waals surface area contributed by atoms with Crippen molar-refractivity contribution in [3.63, 3.8) is 0 Å². The number of epoxide rings is 1. The number of hydrogen-bond donors (Lipinski definition) is 0. The molecule has 18 heavy (non-hydrogen) atoms. The highest BCUT2D eigenvalue weighted by Crippen LogP contribution is 2.43. The summed E-state index contributed by atoms with van der Waals surface area (Å²) in [4.78, 5) is 23.5. The second-order valence-electron chi connectivity index (χ2n) is 5.83. The second kappa shape index (κ2) is 5.00. The Morgan fingerprint density at radius 3 is 2.56 bits per heavy atom. The number of carbonyl (C=O) groups is 2. The van der Waals surface area contributed by atoms with E-state index in [1.165, 1.54) is 0 Å². The Hall–Kier alpha value is -0.900. The van der Waals surface area contributed by atoms with Gasteiger partial charge in [0, 0.05) is 11.8 Å². The van der Waals surface area contributed by atoms with E-state index in [4.69, 9.17) is 9.47 Å². The predicted molar refractivity (Wildman–Crippen MR) is 66.0 cm³/mol. The van der Waals surface area contributed by atoms with Crippen molar-refractivity contribution in [2.24, 2.45) is 11.8 Å². The van der Waals surface area contributed by atoms with Gasteiger partial charge in [0.1, 0.15) is 5.78 Å². The standard InChI is InChI=1S/C14H22O4/c1-4-17-12(15)8-10-6-5-9(13(10)16)7-11-14(2,3)18-11/h9-11H,4-8H2,1-3H3. The summed E-state index contributed by atoms with van der Waals surface area (Å²) < 4.78 is 10.4. The molecular weight excluding hydrogens is 232 g/mol. The number of ketones is 1. The molecule has 0 N–H and O–H groups in total. The molecule has 0 amide bonds. The van der Waals surface area contributed by atoms with E-state index < -0.39 is 0 Å². The summed E-state index contributed by atoms with van der Waals surface area (Å²) in [6, 6.07) is 0. The minimum atomic E-state index is -0.250. The maximum Gasteiger partial charge on any atom is 0.306 e. The van der Waals surface area contributed by atoms with Gasteiger partial charge in [-0.15, -0.1) is 0 Å². The Labute approximate surface area is 108 Å². The molecule has 3 atom stereocenters. The van der Waals surface area contributed by atoms with E-state index in [9.17, 15) is 9.59 Å². The zero-order valence-corrected chi connectivity index (χ0v) is 11.4. The fourth-order valence-corrected chi connectivity index (χ4v) is 2.80. The van der Waals surface area contributed by atoms with Crippen molar-refractivity contribution in [2.75, 3.05) is 6.61 Å². The zero-order valence-electron chi connectivity index (χ0n) is 11.4. The first-order valence-electron chi connectivity index (χ1n) is 6.81. The molecule has 0 aromatic heterocycles. The van der Waals surface area contributed by atoms with Gasteiger partial charge < -0.3 is 9.47 Å². The average molecular weight is 254 g/mol. The minimum absolute atomic E-state index is 0.0560. The lowest BCUT2D eigenvalue weighted by molar-refractivity contribution is -0.145. The van der Waals surface area contributed by atoms with Gasteiger partial charge in [-0.05, 0) is 40.0 Å². The molecule has 1 aliphatic carbocycles. The topological polar surface area (TPSA) is 55.9 Å². The van der Waals surface area contributed by atoms with Crippen molar-refractivity contribution in [3.05, 3.63) is 0 Å². The Morgan fingerprint density at radius 2 is 2.00 bits per heavy atom. The Morgan fingerprint density at radius 1 is 1.39 bits per heavy atom. The number of esters is 1. The molecule has 0 bridgehead atoms. The summed E-state index contributed by atoms with van der Waals surface area (Å²) in [5.74, 6) is -0.0685. The van der Waals surface area contributed by atoms with Crippen LogP contribution >= 0.6 is 0 Å². The molecule has 2 aliphatic rings. The summed E-state index contributed by atoms with van der Waals surface area (Å²) in [6.45, 7) is 6.26. The third-order valence-electron chi connectivity index (χ3n) is 4.05. The van der Waals surface area contributed by atoms with Crippen LogP contribution < -0.4 is 0 Å². The lowest BCUT2D eigenvalue weighted by atomic mass is 9.93. The largest absolute Gasteiger partial charge is 0.466 e. The third-order valence-corrected chi connectivity index (χ3v) is 4.05. The summed E-state index contributed by atoms with van der Waals surface area (Å²) in [6.07, 6.45) is 2.98. The molecule has 1 saturated carbocycles. The van der Waals surface area contributed by atoms with Crippen molar-refractivity contribution in [1.82, 2.24) is 0 Å². The number of ether oxygens (including phenoxy) is 2. The highest BCUT2D eigenvalue weighted by Gasteiger charge is 2.50. The first-order valence-corrected chi connectivity index (χ1v) is 6.81. The highest BCUT2D eigenvalue weighted by atomic mass is 16.6. The van der Waals surface area contributed by atoms with Gasteiger partial charge in [0.15, 0.2) is 0 Å². The monoisotopic (exact) mass is 254 g/mol. The molecule has 1 saturated heterocycles. The van der Waals surface area contributed by atoms with E-state index in [1.54, 1.807) is 6.92 Å². The molecule has 0 radical (unpaired) electrons. The molecule has 4 heteroatoms. The SMILES string of the molecule is CCOC(=O)CC1CCC(CC2OC2(C)C)C1=O. The molecule has 0 spiro atoms. The van der Waals surface area contributed by atoms with Crippen molar-refractivity contribution in [3.8, 4) is 0 Å². The smallest absolute Gasteiger partial charge is 0.306 e. The normalized spacial score (nSPS) is 33.5. The maximum absolute atomic E-state index is 12.2. The van der Waals surface area contributed by atoms with Crippen LogP contribution in [-0.2, 0) is 19.1 Å². The summed E-state index contributed by atoms with van der Waals surface area (Å²) in [5, 5.41) is 0. The van der Waals surface area contributed by atoms with E-state index in [0.29, 0.717) is 6.61 Å². The molecule has 3 unspecified atom stereocenters. The molecule has 1 heterocycles. The Kier molecular flexibility index (Phi) is 3.76. The van der Waals surface area contributed by atoms with Crippen LogP contribution in [0.25, 0.3) is 0 Å². The van der Waals surface area contributed by atoms with Gasteiger partial charge in [-0.3, -0.25) is 9.59 Å². The number of hydrogen-bond acceptors (Lipinski definition) is 4. The van der Waals surface area contributed by atoms with Crippen molar-refractivity contribution in [1.29, 1.82) is 0 Å². The van der Waals surface area contributed by atoms with Crippen molar-refractivity contribution in [2.45, 2.75) is 58.2 Å². The molecule has 4 nitrogen and oxygen atoms in total. The van der Waals surface area contributed by atoms with E-state index in [-0.39, 0.29) is 41.7 Å². The average Bonchev–Trinajstić information content (AvgIpc) is 2.74. The first kappa shape index (κ1) is 13.5. The van der Waals surface area contributed by atoms with E-state index in [1.807, 2.05) is 13.8 Å². The highest BCUT2D eigenvalue weighted by molar-refractivity contribution is 5.88. The van der Waals surface area contributed by atoms with Gasteiger partial charge in [0.05, 0.1) is 24.7 Å². The van der Waals surface area contributed by atoms with Gasteiger partial charge in [0.25, 0.3) is 0 Å². The van der Waals surface area contributed by atoms with Crippen LogP contribution in [-0.4, -0.2) is 30.1 Å². The van der Waals surface area contributed by atoms with Crippen LogP contribution in [0, 0.1) is 11.8 Å². The Balaban J connectivity index is 1.80. The number of Topliss-reactive ketones (excluding diaryl/α,β-unsaturated/α-hetero) is 1. The van der Waals surface area contributed by atoms with Crippen LogP contribution in [0.2, 0.25) is 0 Å². The maximum atomic E-state index is 12.2. The molecular formula is C14H22O4. The van der Waals surface area contributed by atoms with E-state index >= 15 is 0 Å². The van der Waals surface area contributed by atoms with E-state index in [2.05, 4.69) is 0 Å². The van der Waals surface area contributed by atoms with Crippen molar-refractivity contribution < 1.29 is 19.1 Å². The third kappa shape index (κ3) is 2.91. The Bertz CT molecular complexity index is 348. The number of carbonyl (C=O) groups excluding carboxylic acids is 2. The van der Waals surface area contributed by atoms with Crippen LogP contribution in [0.1, 0.15) is 46.5 Å². The van der Waals surface area contributed by atoms with E-state index in [0.717, 1.165) is 19.3 Å². The molecule has 2 rings (SSSR count). The van der Waals surface area contributed by atoms with Gasteiger partial charge in [-0.25, -0.2) is 0 Å². The van der Waals surface area contributed by atoms with Gasteiger partial charge in [-0.2, -0.15) is 0 Å².